The molecule has 3 nitrogen and oxygen atoms in total. The van der Waals surface area contributed by atoms with Gasteiger partial charge in [0.15, 0.2) is 0 Å². The summed E-state index contributed by atoms with van der Waals surface area (Å²) in [5, 5.41) is 8.85. The highest BCUT2D eigenvalue weighted by atomic mass is 32.2. The van der Waals surface area contributed by atoms with Crippen LogP contribution in [-0.2, 0) is 16.6 Å². The quantitative estimate of drug-likeness (QED) is 0.942. The van der Waals surface area contributed by atoms with Gasteiger partial charge in [0.25, 0.3) is 0 Å². The Balaban J connectivity index is 2.23. The van der Waals surface area contributed by atoms with E-state index in [1.54, 1.807) is 0 Å². The Morgan fingerprint density at radius 3 is 2.45 bits per heavy atom. The second kappa shape index (κ2) is 5.96. The van der Waals surface area contributed by atoms with Crippen molar-refractivity contribution in [1.82, 2.24) is 0 Å². The van der Waals surface area contributed by atoms with Crippen molar-refractivity contribution in [2.24, 2.45) is 0 Å². The summed E-state index contributed by atoms with van der Waals surface area (Å²) in [7, 11) is -1.41. The Labute approximate surface area is 118 Å². The smallest absolute Gasteiger partial charge is 0.338 e. The molecule has 2 aromatic carbocycles. The highest BCUT2D eigenvalue weighted by molar-refractivity contribution is 7.84. The van der Waals surface area contributed by atoms with Crippen molar-refractivity contribution >= 4 is 16.8 Å². The molecular weight excluding hydrogens is 279 g/mol. The minimum atomic E-state index is -1.41. The molecule has 0 saturated carbocycles. The van der Waals surface area contributed by atoms with E-state index < -0.39 is 28.1 Å². The third kappa shape index (κ3) is 3.30. The van der Waals surface area contributed by atoms with Gasteiger partial charge in [-0.25, -0.2) is 9.18 Å². The molecule has 1 N–H and O–H groups in total. The molecule has 0 fully saturated rings. The van der Waals surface area contributed by atoms with E-state index in [9.17, 15) is 13.4 Å². The lowest BCUT2D eigenvalue weighted by Crippen LogP contribution is -2.04. The van der Waals surface area contributed by atoms with Crippen LogP contribution in [0.5, 0.6) is 0 Å². The SMILES string of the molecule is Cc1ccc(CS(=O)c2ccc(F)c(C(=O)O)c2)cc1. The number of carbonyl (C=O) groups is 1. The predicted octanol–water partition coefficient (Wildman–Crippen LogP) is 3.14. The number of halogens is 1. The molecule has 0 aliphatic heterocycles. The number of carboxylic acid groups (broad SMARTS) is 1. The van der Waals surface area contributed by atoms with Crippen molar-refractivity contribution in [3.63, 3.8) is 0 Å². The lowest BCUT2D eigenvalue weighted by atomic mass is 10.2. The molecule has 20 heavy (non-hydrogen) atoms. The van der Waals surface area contributed by atoms with Gasteiger partial charge in [-0.1, -0.05) is 29.8 Å². The predicted molar refractivity (Wildman–Crippen MR) is 74.7 cm³/mol. The summed E-state index contributed by atoms with van der Waals surface area (Å²) in [6, 6.07) is 11.1. The van der Waals surface area contributed by atoms with Gasteiger partial charge in [-0.3, -0.25) is 4.21 Å². The minimum Gasteiger partial charge on any atom is -0.478 e. The molecule has 0 amide bonds. The Hall–Kier alpha value is -2.01. The van der Waals surface area contributed by atoms with Gasteiger partial charge in [0.2, 0.25) is 0 Å². The van der Waals surface area contributed by atoms with E-state index in [2.05, 4.69) is 0 Å². The van der Waals surface area contributed by atoms with Crippen molar-refractivity contribution in [2.75, 3.05) is 0 Å². The van der Waals surface area contributed by atoms with Gasteiger partial charge in [-0.15, -0.1) is 0 Å². The maximum absolute atomic E-state index is 13.3. The molecule has 0 aliphatic carbocycles. The molecule has 2 aromatic rings. The first kappa shape index (κ1) is 14.4. The Kier molecular flexibility index (Phi) is 4.29. The maximum Gasteiger partial charge on any atom is 0.338 e. The molecule has 1 unspecified atom stereocenters. The van der Waals surface area contributed by atoms with Gasteiger partial charge >= 0.3 is 5.97 Å². The second-order valence-electron chi connectivity index (χ2n) is 4.42. The monoisotopic (exact) mass is 292 g/mol. The molecule has 0 heterocycles. The third-order valence-electron chi connectivity index (χ3n) is 2.85. The van der Waals surface area contributed by atoms with Crippen LogP contribution in [0.3, 0.4) is 0 Å². The van der Waals surface area contributed by atoms with Crippen LogP contribution in [0.25, 0.3) is 0 Å². The van der Waals surface area contributed by atoms with E-state index in [-0.39, 0.29) is 5.75 Å². The summed E-state index contributed by atoms with van der Waals surface area (Å²) in [6.45, 7) is 1.96. The summed E-state index contributed by atoms with van der Waals surface area (Å²) in [5.74, 6) is -1.92. The molecule has 5 heteroatoms. The van der Waals surface area contributed by atoms with Crippen LogP contribution in [0.1, 0.15) is 21.5 Å². The number of benzene rings is 2. The molecule has 0 aromatic heterocycles. The molecule has 0 saturated heterocycles. The first-order valence-electron chi connectivity index (χ1n) is 5.94. The zero-order valence-electron chi connectivity index (χ0n) is 10.8. The van der Waals surface area contributed by atoms with Gasteiger partial charge in [-0.2, -0.15) is 0 Å². The van der Waals surface area contributed by atoms with E-state index in [4.69, 9.17) is 5.11 Å². The van der Waals surface area contributed by atoms with Gasteiger partial charge < -0.3 is 5.11 Å². The third-order valence-corrected chi connectivity index (χ3v) is 4.22. The van der Waals surface area contributed by atoms with Gasteiger partial charge in [0, 0.05) is 4.90 Å². The topological polar surface area (TPSA) is 54.4 Å². The molecule has 0 spiro atoms. The van der Waals surface area contributed by atoms with Crippen molar-refractivity contribution < 1.29 is 18.5 Å². The summed E-state index contributed by atoms with van der Waals surface area (Å²) in [4.78, 5) is 11.2. The number of aromatic carboxylic acids is 1. The number of hydrogen-bond acceptors (Lipinski definition) is 2. The Morgan fingerprint density at radius 2 is 1.85 bits per heavy atom. The summed E-state index contributed by atoms with van der Waals surface area (Å²) in [5.41, 5.74) is 1.53. The molecule has 0 bridgehead atoms. The van der Waals surface area contributed by atoms with Crippen LogP contribution in [-0.4, -0.2) is 15.3 Å². The van der Waals surface area contributed by atoms with Crippen LogP contribution in [0.15, 0.2) is 47.4 Å². The fourth-order valence-electron chi connectivity index (χ4n) is 1.73. The van der Waals surface area contributed by atoms with Crippen molar-refractivity contribution in [3.8, 4) is 0 Å². The summed E-state index contributed by atoms with van der Waals surface area (Å²) >= 11 is 0. The van der Waals surface area contributed by atoms with E-state index in [0.29, 0.717) is 4.90 Å². The minimum absolute atomic E-state index is 0.269. The zero-order chi connectivity index (χ0) is 14.7. The van der Waals surface area contributed by atoms with Crippen molar-refractivity contribution in [1.29, 1.82) is 0 Å². The highest BCUT2D eigenvalue weighted by Gasteiger charge is 2.14. The van der Waals surface area contributed by atoms with Gasteiger partial charge in [0.1, 0.15) is 5.82 Å². The van der Waals surface area contributed by atoms with Crippen LogP contribution >= 0.6 is 0 Å². The first-order chi connectivity index (χ1) is 9.47. The van der Waals surface area contributed by atoms with E-state index >= 15 is 0 Å². The first-order valence-corrected chi connectivity index (χ1v) is 7.26. The molecule has 0 radical (unpaired) electrons. The molecular formula is C15H13FO3S. The second-order valence-corrected chi connectivity index (χ2v) is 5.87. The zero-order valence-corrected chi connectivity index (χ0v) is 11.6. The summed E-state index contributed by atoms with van der Waals surface area (Å²) in [6.07, 6.45) is 0. The fraction of sp³-hybridized carbons (Fsp3) is 0.133. The average molecular weight is 292 g/mol. The van der Waals surface area contributed by atoms with Crippen LogP contribution in [0.4, 0.5) is 4.39 Å². The van der Waals surface area contributed by atoms with Crippen molar-refractivity contribution in [2.45, 2.75) is 17.6 Å². The normalized spacial score (nSPS) is 12.1. The van der Waals surface area contributed by atoms with Crippen LogP contribution in [0.2, 0.25) is 0 Å². The Bertz CT molecular complexity index is 665. The molecule has 1 atom stereocenters. The number of aryl methyl sites for hydroxylation is 1. The molecule has 2 rings (SSSR count). The number of carboxylic acids is 1. The average Bonchev–Trinajstić information content (AvgIpc) is 2.41. The fourth-order valence-corrected chi connectivity index (χ4v) is 2.86. The summed E-state index contributed by atoms with van der Waals surface area (Å²) < 4.78 is 25.5. The van der Waals surface area contributed by atoms with E-state index in [0.717, 1.165) is 23.3 Å². The Morgan fingerprint density at radius 1 is 1.20 bits per heavy atom. The molecule has 0 aliphatic rings. The van der Waals surface area contributed by atoms with Crippen LogP contribution in [0, 0.1) is 12.7 Å². The number of rotatable bonds is 4. The maximum atomic E-state index is 13.3. The van der Waals surface area contributed by atoms with E-state index in [1.807, 2.05) is 31.2 Å². The van der Waals surface area contributed by atoms with Crippen LogP contribution < -0.4 is 0 Å². The lowest BCUT2D eigenvalue weighted by molar-refractivity contribution is 0.0691. The molecule has 104 valence electrons. The number of hydrogen-bond donors (Lipinski definition) is 1. The lowest BCUT2D eigenvalue weighted by Gasteiger charge is -2.05. The van der Waals surface area contributed by atoms with Gasteiger partial charge in [-0.05, 0) is 30.7 Å². The van der Waals surface area contributed by atoms with E-state index in [1.165, 1.54) is 6.07 Å². The highest BCUT2D eigenvalue weighted by Crippen LogP contribution is 2.17. The van der Waals surface area contributed by atoms with Crippen molar-refractivity contribution in [3.05, 3.63) is 65.0 Å². The largest absolute Gasteiger partial charge is 0.478 e. The standard InChI is InChI=1S/C15H13FO3S/c1-10-2-4-11(5-3-10)9-20(19)12-6-7-14(16)13(8-12)15(17)18/h2-8H,9H2,1H3,(H,17,18). The van der Waals surface area contributed by atoms with Gasteiger partial charge in [0.05, 0.1) is 22.1 Å².